The van der Waals surface area contributed by atoms with E-state index in [4.69, 9.17) is 34.8 Å². The van der Waals surface area contributed by atoms with Gasteiger partial charge in [-0.25, -0.2) is 0 Å². The summed E-state index contributed by atoms with van der Waals surface area (Å²) in [6, 6.07) is 0. The summed E-state index contributed by atoms with van der Waals surface area (Å²) in [5.74, 6) is -0.0778. The van der Waals surface area contributed by atoms with Gasteiger partial charge in [0.1, 0.15) is 6.17 Å². The highest BCUT2D eigenvalue weighted by Gasteiger charge is 2.36. The topological polar surface area (TPSA) is 41.1 Å². The Labute approximate surface area is 163 Å². The predicted molar refractivity (Wildman–Crippen MR) is 107 cm³/mol. The fourth-order valence-corrected chi connectivity index (χ4v) is 2.79. The molecule has 0 saturated heterocycles. The predicted octanol–water partition coefficient (Wildman–Crippen LogP) is 6.11. The quantitative estimate of drug-likeness (QED) is 0.235. The normalized spacial score (nSPS) is 13.8. The van der Waals surface area contributed by atoms with E-state index in [2.05, 4.69) is 17.6 Å². The Morgan fingerprint density at radius 2 is 1.33 bits per heavy atom. The van der Waals surface area contributed by atoms with Gasteiger partial charge in [-0.1, -0.05) is 93.1 Å². The van der Waals surface area contributed by atoms with E-state index in [0.717, 1.165) is 12.8 Å². The first-order valence-corrected chi connectivity index (χ1v) is 10.3. The molecule has 0 aliphatic heterocycles. The lowest BCUT2D eigenvalue weighted by atomic mass is 10.1. The number of amides is 1. The van der Waals surface area contributed by atoms with E-state index in [1.54, 1.807) is 0 Å². The Balaban J connectivity index is 3.89. The van der Waals surface area contributed by atoms with Crippen molar-refractivity contribution in [3.8, 4) is 0 Å². The zero-order valence-corrected chi connectivity index (χ0v) is 18.0. The molecule has 2 N–H and O–H groups in total. The van der Waals surface area contributed by atoms with Crippen molar-refractivity contribution in [2.24, 2.45) is 0 Å². The fraction of sp³-hybridized carbons (Fsp3) is 0.944. The molecule has 0 aliphatic carbocycles. The molecular weight excluding hydrogens is 367 g/mol. The van der Waals surface area contributed by atoms with Crippen molar-refractivity contribution >= 4 is 40.7 Å². The van der Waals surface area contributed by atoms with E-state index in [-0.39, 0.29) is 11.4 Å². The summed E-state index contributed by atoms with van der Waals surface area (Å²) in [4.78, 5) is 12.1. The van der Waals surface area contributed by atoms with Crippen molar-refractivity contribution < 1.29 is 4.79 Å². The van der Waals surface area contributed by atoms with Crippen LogP contribution in [0, 0.1) is 0 Å². The molecule has 0 aromatic carbocycles. The Morgan fingerprint density at radius 3 is 1.75 bits per heavy atom. The SMILES string of the molecule is CCCCCCCCCCCC(=O)NC(NC(C)(C)C)C(Cl)(Cl)Cl. The van der Waals surface area contributed by atoms with Gasteiger partial charge in [-0.2, -0.15) is 0 Å². The first-order valence-electron chi connectivity index (χ1n) is 9.20. The number of carbonyl (C=O) groups is 1. The standard InChI is InChI=1S/C18H35Cl3N2O/c1-5-6-7-8-9-10-11-12-13-14-15(24)22-16(18(19,20)21)23-17(2,3)4/h16,23H,5-14H2,1-4H3,(H,22,24). The van der Waals surface area contributed by atoms with Crippen molar-refractivity contribution in [2.45, 2.75) is 107 Å². The number of halogens is 3. The lowest BCUT2D eigenvalue weighted by Gasteiger charge is -2.33. The Kier molecular flexibility index (Phi) is 12.8. The largest absolute Gasteiger partial charge is 0.337 e. The van der Waals surface area contributed by atoms with Gasteiger partial charge in [0.15, 0.2) is 0 Å². The van der Waals surface area contributed by atoms with Gasteiger partial charge < -0.3 is 5.32 Å². The molecular formula is C18H35Cl3N2O. The van der Waals surface area contributed by atoms with Crippen LogP contribution in [0.15, 0.2) is 0 Å². The number of unbranched alkanes of at least 4 members (excludes halogenated alkanes) is 8. The lowest BCUT2D eigenvalue weighted by molar-refractivity contribution is -0.122. The number of hydrogen-bond acceptors (Lipinski definition) is 2. The average Bonchev–Trinajstić information content (AvgIpc) is 2.42. The summed E-state index contributed by atoms with van der Waals surface area (Å²) in [6.45, 7) is 8.12. The highest BCUT2D eigenvalue weighted by atomic mass is 35.6. The molecule has 0 aromatic rings. The van der Waals surface area contributed by atoms with Gasteiger partial charge in [-0.15, -0.1) is 0 Å². The minimum atomic E-state index is -1.58. The van der Waals surface area contributed by atoms with Gasteiger partial charge in [0.25, 0.3) is 0 Å². The number of nitrogens with one attached hydrogen (secondary N) is 2. The third-order valence-electron chi connectivity index (χ3n) is 3.72. The molecule has 0 saturated carbocycles. The summed E-state index contributed by atoms with van der Waals surface area (Å²) < 4.78 is -1.58. The number of alkyl halides is 3. The van der Waals surface area contributed by atoms with Crippen LogP contribution in [0.3, 0.4) is 0 Å². The first kappa shape index (κ1) is 24.3. The number of hydrogen-bond donors (Lipinski definition) is 2. The number of rotatable bonds is 12. The van der Waals surface area contributed by atoms with E-state index in [1.807, 2.05) is 20.8 Å². The minimum Gasteiger partial charge on any atom is -0.337 e. The molecule has 0 radical (unpaired) electrons. The van der Waals surface area contributed by atoms with E-state index in [1.165, 1.54) is 44.9 Å². The van der Waals surface area contributed by atoms with Gasteiger partial charge in [0.2, 0.25) is 9.70 Å². The Hall–Kier alpha value is 0.300. The van der Waals surface area contributed by atoms with Crippen LogP contribution in [0.1, 0.15) is 91.9 Å². The summed E-state index contributed by atoms with van der Waals surface area (Å²) in [6.07, 6.45) is 10.8. The van der Waals surface area contributed by atoms with E-state index < -0.39 is 9.96 Å². The van der Waals surface area contributed by atoms with Gasteiger partial charge in [0, 0.05) is 12.0 Å². The minimum absolute atomic E-state index is 0.0778. The second-order valence-corrected chi connectivity index (χ2v) is 9.88. The zero-order chi connectivity index (χ0) is 18.6. The summed E-state index contributed by atoms with van der Waals surface area (Å²) in [7, 11) is 0. The molecule has 1 atom stereocenters. The molecule has 1 amide bonds. The van der Waals surface area contributed by atoms with Crippen molar-refractivity contribution in [3.05, 3.63) is 0 Å². The molecule has 0 spiro atoms. The van der Waals surface area contributed by atoms with Crippen LogP contribution in [-0.4, -0.2) is 21.4 Å². The van der Waals surface area contributed by atoms with E-state index in [9.17, 15) is 4.79 Å². The van der Waals surface area contributed by atoms with Crippen molar-refractivity contribution in [2.75, 3.05) is 0 Å². The van der Waals surface area contributed by atoms with Crippen molar-refractivity contribution in [1.29, 1.82) is 0 Å². The maximum atomic E-state index is 12.1. The maximum absolute atomic E-state index is 12.1. The monoisotopic (exact) mass is 400 g/mol. The van der Waals surface area contributed by atoms with Crippen LogP contribution >= 0.6 is 34.8 Å². The van der Waals surface area contributed by atoms with Crippen LogP contribution in [0.2, 0.25) is 0 Å². The van der Waals surface area contributed by atoms with Crippen LogP contribution in [0.5, 0.6) is 0 Å². The molecule has 24 heavy (non-hydrogen) atoms. The second-order valence-electron chi connectivity index (χ2n) is 7.51. The van der Waals surface area contributed by atoms with Gasteiger partial charge in [-0.3, -0.25) is 10.1 Å². The molecule has 0 aliphatic rings. The smallest absolute Gasteiger partial charge is 0.223 e. The second kappa shape index (κ2) is 12.6. The molecule has 0 aromatic heterocycles. The van der Waals surface area contributed by atoms with Crippen molar-refractivity contribution in [3.63, 3.8) is 0 Å². The third kappa shape index (κ3) is 14.6. The summed E-state index contributed by atoms with van der Waals surface area (Å²) in [5, 5.41) is 5.93. The molecule has 0 fully saturated rings. The molecule has 1 unspecified atom stereocenters. The molecule has 0 heterocycles. The van der Waals surface area contributed by atoms with Gasteiger partial charge in [0.05, 0.1) is 0 Å². The molecule has 6 heteroatoms. The molecule has 0 bridgehead atoms. The molecule has 144 valence electrons. The first-order chi connectivity index (χ1) is 11.1. The zero-order valence-electron chi connectivity index (χ0n) is 15.7. The molecule has 0 rings (SSSR count). The Bertz CT molecular complexity index is 338. The highest BCUT2D eigenvalue weighted by Crippen LogP contribution is 2.30. The van der Waals surface area contributed by atoms with Gasteiger partial charge in [-0.05, 0) is 27.2 Å². The van der Waals surface area contributed by atoms with E-state index >= 15 is 0 Å². The summed E-state index contributed by atoms with van der Waals surface area (Å²) >= 11 is 17.9. The van der Waals surface area contributed by atoms with Crippen LogP contribution in [-0.2, 0) is 4.79 Å². The average molecular weight is 402 g/mol. The lowest BCUT2D eigenvalue weighted by Crippen LogP contribution is -2.58. The highest BCUT2D eigenvalue weighted by molar-refractivity contribution is 6.68. The molecule has 3 nitrogen and oxygen atoms in total. The van der Waals surface area contributed by atoms with Crippen LogP contribution < -0.4 is 10.6 Å². The Morgan fingerprint density at radius 1 is 0.875 bits per heavy atom. The maximum Gasteiger partial charge on any atom is 0.223 e. The van der Waals surface area contributed by atoms with Crippen molar-refractivity contribution in [1.82, 2.24) is 10.6 Å². The van der Waals surface area contributed by atoms with E-state index in [0.29, 0.717) is 6.42 Å². The van der Waals surface area contributed by atoms with Gasteiger partial charge >= 0.3 is 0 Å². The van der Waals surface area contributed by atoms with Crippen LogP contribution in [0.25, 0.3) is 0 Å². The van der Waals surface area contributed by atoms with Crippen LogP contribution in [0.4, 0.5) is 0 Å². The third-order valence-corrected chi connectivity index (χ3v) is 4.37. The summed E-state index contributed by atoms with van der Waals surface area (Å²) in [5.41, 5.74) is -0.264. The number of carbonyl (C=O) groups excluding carboxylic acids is 1. The fourth-order valence-electron chi connectivity index (χ4n) is 2.46.